The number of hydrogen-bond acceptors (Lipinski definition) is 4. The Hall–Kier alpha value is -4.80. The summed E-state index contributed by atoms with van der Waals surface area (Å²) in [7, 11) is 0. The summed E-state index contributed by atoms with van der Waals surface area (Å²) in [5.74, 6) is 1.30. The minimum absolute atomic E-state index is 0.0702. The number of ether oxygens (including phenoxy) is 1. The van der Waals surface area contributed by atoms with Gasteiger partial charge in [0.25, 0.3) is 0 Å². The first-order valence-corrected chi connectivity index (χ1v) is 14.7. The summed E-state index contributed by atoms with van der Waals surface area (Å²) in [6, 6.07) is 31.7. The summed E-state index contributed by atoms with van der Waals surface area (Å²) in [4.78, 5) is 2.27. The quantitative estimate of drug-likeness (QED) is 0.185. The van der Waals surface area contributed by atoms with Gasteiger partial charge in [-0.1, -0.05) is 95.5 Å². The zero-order valence-electron chi connectivity index (χ0n) is 25.1. The Morgan fingerprint density at radius 3 is 1.98 bits per heavy atom. The van der Waals surface area contributed by atoms with Crippen molar-refractivity contribution < 1.29 is 4.74 Å². The van der Waals surface area contributed by atoms with E-state index in [-0.39, 0.29) is 11.0 Å². The van der Waals surface area contributed by atoms with Gasteiger partial charge in [-0.05, 0) is 78.6 Å². The van der Waals surface area contributed by atoms with Gasteiger partial charge in [-0.3, -0.25) is 0 Å². The average Bonchev–Trinajstić information content (AvgIpc) is 3.00. The molecule has 1 aliphatic rings. The molecule has 0 atom stereocenters. The summed E-state index contributed by atoms with van der Waals surface area (Å²) < 4.78 is 6.14. The molecule has 0 spiro atoms. The lowest BCUT2D eigenvalue weighted by Gasteiger charge is -2.26. The van der Waals surface area contributed by atoms with Gasteiger partial charge in [0, 0.05) is 28.1 Å². The Bertz CT molecular complexity index is 1540. The third-order valence-electron chi connectivity index (χ3n) is 7.18. The van der Waals surface area contributed by atoms with E-state index in [1.54, 1.807) is 12.2 Å². The average molecular weight is 554 g/mol. The maximum absolute atomic E-state index is 9.41. The number of rotatable bonds is 10. The second-order valence-corrected chi connectivity index (χ2v) is 11.5. The van der Waals surface area contributed by atoms with Crippen LogP contribution in [-0.4, -0.2) is 0 Å². The molecule has 0 saturated carbocycles. The molecule has 0 fully saturated rings. The molecule has 4 heteroatoms. The van der Waals surface area contributed by atoms with Crippen LogP contribution in [0.1, 0.15) is 64.5 Å². The smallest absolute Gasteiger partial charge is 0.137 e. The molecule has 0 aromatic heterocycles. The number of aryl methyl sites for hydroxylation is 1. The zero-order valence-corrected chi connectivity index (χ0v) is 25.1. The monoisotopic (exact) mass is 553 g/mol. The first kappa shape index (κ1) is 30.2. The molecule has 4 rings (SSSR count). The van der Waals surface area contributed by atoms with E-state index in [1.807, 2.05) is 51.1 Å². The molecule has 0 radical (unpaired) electrons. The van der Waals surface area contributed by atoms with E-state index in [0.29, 0.717) is 17.1 Å². The largest absolute Gasteiger partial charge is 0.461 e. The second-order valence-electron chi connectivity index (χ2n) is 11.5. The zero-order chi connectivity index (χ0) is 30.0. The van der Waals surface area contributed by atoms with Crippen molar-refractivity contribution in [2.75, 3.05) is 4.90 Å². The highest BCUT2D eigenvalue weighted by atomic mass is 16.5. The minimum Gasteiger partial charge on any atom is -0.461 e. The number of nitriles is 2. The summed E-state index contributed by atoms with van der Waals surface area (Å²) in [5.41, 5.74) is 6.04. The predicted molar refractivity (Wildman–Crippen MR) is 173 cm³/mol. The number of nitrogens with zero attached hydrogens (tertiary/aromatic N) is 3. The fraction of sp³-hybridized carbons (Fsp3) is 0.263. The lowest BCUT2D eigenvalue weighted by molar-refractivity contribution is 0.223. The molecule has 0 aliphatic carbocycles. The highest BCUT2D eigenvalue weighted by Crippen LogP contribution is 2.36. The molecule has 0 amide bonds. The van der Waals surface area contributed by atoms with Gasteiger partial charge in [0.15, 0.2) is 0 Å². The van der Waals surface area contributed by atoms with Crippen molar-refractivity contribution in [2.45, 2.75) is 59.8 Å². The molecule has 1 aliphatic heterocycles. The standard InChI is InChI=1S/C38H39N3O/c1-5-6-7-9-12-29-15-20-34(21-16-29)41(33-13-10-8-11-14-33)35-22-17-30(18-23-35)19-24-36-25-31(32(27-39)28-40)26-37(42-36)38(2,3)4/h8,10-11,13-26H,5-7,9,12H2,1-4H3. The maximum Gasteiger partial charge on any atom is 0.137 e. The fourth-order valence-electron chi connectivity index (χ4n) is 4.78. The first-order chi connectivity index (χ1) is 20.3. The van der Waals surface area contributed by atoms with Gasteiger partial charge < -0.3 is 9.64 Å². The van der Waals surface area contributed by atoms with Crippen molar-refractivity contribution in [3.63, 3.8) is 0 Å². The van der Waals surface area contributed by atoms with Crippen molar-refractivity contribution in [1.29, 1.82) is 10.5 Å². The van der Waals surface area contributed by atoms with Crippen LogP contribution >= 0.6 is 0 Å². The number of hydrogen-bond donors (Lipinski definition) is 0. The lowest BCUT2D eigenvalue weighted by atomic mass is 9.90. The Kier molecular flexibility index (Phi) is 10.2. The van der Waals surface area contributed by atoms with Gasteiger partial charge in [-0.25, -0.2) is 0 Å². The molecule has 3 aromatic rings. The predicted octanol–water partition coefficient (Wildman–Crippen LogP) is 10.5. The van der Waals surface area contributed by atoms with Crippen LogP contribution < -0.4 is 4.90 Å². The molecule has 0 unspecified atom stereocenters. The molecule has 0 bridgehead atoms. The van der Waals surface area contributed by atoms with Crippen LogP contribution in [0.25, 0.3) is 6.08 Å². The third-order valence-corrected chi connectivity index (χ3v) is 7.18. The normalized spacial score (nSPS) is 13.0. The first-order valence-electron chi connectivity index (χ1n) is 14.7. The fourth-order valence-corrected chi connectivity index (χ4v) is 4.78. The summed E-state index contributed by atoms with van der Waals surface area (Å²) in [6.07, 6.45) is 13.6. The van der Waals surface area contributed by atoms with Crippen LogP contribution in [0.15, 0.2) is 120 Å². The Morgan fingerprint density at radius 1 is 0.762 bits per heavy atom. The molecule has 0 saturated heterocycles. The van der Waals surface area contributed by atoms with E-state index in [2.05, 4.69) is 84.6 Å². The Morgan fingerprint density at radius 2 is 1.38 bits per heavy atom. The number of anilines is 3. The van der Waals surface area contributed by atoms with Crippen LogP contribution in [-0.2, 0) is 11.2 Å². The van der Waals surface area contributed by atoms with E-state index in [0.717, 1.165) is 29.0 Å². The van der Waals surface area contributed by atoms with Crippen LogP contribution in [0, 0.1) is 28.1 Å². The van der Waals surface area contributed by atoms with Gasteiger partial charge in [0.1, 0.15) is 29.2 Å². The molecule has 1 heterocycles. The van der Waals surface area contributed by atoms with Crippen LogP contribution in [0.2, 0.25) is 0 Å². The highest BCUT2D eigenvalue weighted by molar-refractivity contribution is 5.77. The van der Waals surface area contributed by atoms with Crippen molar-refractivity contribution in [1.82, 2.24) is 0 Å². The topological polar surface area (TPSA) is 60.0 Å². The Labute approximate surface area is 251 Å². The van der Waals surface area contributed by atoms with Crippen LogP contribution in [0.5, 0.6) is 0 Å². The number of para-hydroxylation sites is 1. The SMILES string of the molecule is CCCCCCc1ccc(N(c2ccccc2)c2ccc(C=CC3=CC(=C(C#N)C#N)C=C(C(C)(C)C)O3)cc2)cc1. The maximum atomic E-state index is 9.41. The second kappa shape index (κ2) is 14.2. The van der Waals surface area contributed by atoms with Gasteiger partial charge in [0.2, 0.25) is 0 Å². The van der Waals surface area contributed by atoms with Crippen LogP contribution in [0.4, 0.5) is 17.1 Å². The number of benzene rings is 3. The minimum atomic E-state index is -0.273. The van der Waals surface area contributed by atoms with E-state index in [4.69, 9.17) is 4.74 Å². The molecular weight excluding hydrogens is 514 g/mol. The molecule has 42 heavy (non-hydrogen) atoms. The van der Waals surface area contributed by atoms with Crippen molar-refractivity contribution >= 4 is 23.1 Å². The summed E-state index contributed by atoms with van der Waals surface area (Å²) in [6.45, 7) is 8.37. The van der Waals surface area contributed by atoms with Gasteiger partial charge in [-0.15, -0.1) is 0 Å². The number of unbranched alkanes of at least 4 members (excludes halogenated alkanes) is 3. The van der Waals surface area contributed by atoms with Crippen molar-refractivity contribution in [3.8, 4) is 12.1 Å². The van der Waals surface area contributed by atoms with Crippen LogP contribution in [0.3, 0.4) is 0 Å². The van der Waals surface area contributed by atoms with Gasteiger partial charge in [0.05, 0.1) is 0 Å². The molecular formula is C38H39N3O. The van der Waals surface area contributed by atoms with Gasteiger partial charge >= 0.3 is 0 Å². The summed E-state index contributed by atoms with van der Waals surface area (Å²) >= 11 is 0. The molecule has 212 valence electrons. The lowest BCUT2D eigenvalue weighted by Crippen LogP contribution is -2.15. The molecule has 3 aromatic carbocycles. The van der Waals surface area contributed by atoms with E-state index < -0.39 is 0 Å². The van der Waals surface area contributed by atoms with E-state index >= 15 is 0 Å². The van der Waals surface area contributed by atoms with E-state index in [9.17, 15) is 10.5 Å². The molecule has 4 nitrogen and oxygen atoms in total. The third kappa shape index (κ3) is 7.90. The number of allylic oxidation sites excluding steroid dienone is 6. The van der Waals surface area contributed by atoms with Crippen molar-refractivity contribution in [2.24, 2.45) is 5.41 Å². The summed E-state index contributed by atoms with van der Waals surface area (Å²) in [5, 5.41) is 18.8. The highest BCUT2D eigenvalue weighted by Gasteiger charge is 2.24. The Balaban J connectivity index is 1.57. The van der Waals surface area contributed by atoms with E-state index in [1.165, 1.54) is 31.2 Å². The van der Waals surface area contributed by atoms with Gasteiger partial charge in [-0.2, -0.15) is 10.5 Å². The van der Waals surface area contributed by atoms with Crippen molar-refractivity contribution in [3.05, 3.63) is 131 Å². The molecule has 0 N–H and O–H groups in total.